The molecule has 2 heterocycles. The number of aryl methyl sites for hydroxylation is 1. The summed E-state index contributed by atoms with van der Waals surface area (Å²) >= 11 is 7.64. The summed E-state index contributed by atoms with van der Waals surface area (Å²) < 4.78 is 0. The summed E-state index contributed by atoms with van der Waals surface area (Å²) in [5.74, 6) is -0.514. The van der Waals surface area contributed by atoms with Crippen LogP contribution in [0.3, 0.4) is 0 Å². The number of thiophene rings is 1. The van der Waals surface area contributed by atoms with Gasteiger partial charge in [-0.3, -0.25) is 19.7 Å². The van der Waals surface area contributed by atoms with Crippen LogP contribution in [0.1, 0.15) is 50.8 Å². The molecule has 7 nitrogen and oxygen atoms in total. The van der Waals surface area contributed by atoms with Gasteiger partial charge in [-0.1, -0.05) is 35.9 Å². The van der Waals surface area contributed by atoms with Gasteiger partial charge < -0.3 is 9.80 Å². The largest absolute Gasteiger partial charge is 0.330 e. The normalized spacial score (nSPS) is 17.1. The smallest absolute Gasteiger partial charge is 0.288 e. The Kier molecular flexibility index (Phi) is 6.34. The molecule has 1 aliphatic heterocycles. The van der Waals surface area contributed by atoms with E-state index < -0.39 is 4.92 Å². The van der Waals surface area contributed by atoms with Gasteiger partial charge >= 0.3 is 0 Å². The van der Waals surface area contributed by atoms with Crippen molar-refractivity contribution in [1.29, 1.82) is 0 Å². The highest BCUT2D eigenvalue weighted by atomic mass is 35.5. The number of nitrogens with zero attached hydrogens (tertiary/aromatic N) is 3. The molecule has 5 rings (SSSR count). The van der Waals surface area contributed by atoms with Crippen molar-refractivity contribution in [1.82, 2.24) is 9.80 Å². The summed E-state index contributed by atoms with van der Waals surface area (Å²) in [5.41, 5.74) is 3.17. The average Bonchev–Trinajstić information content (AvgIpc) is 3.57. The Morgan fingerprint density at radius 1 is 1.17 bits per heavy atom. The van der Waals surface area contributed by atoms with Crippen LogP contribution in [0.4, 0.5) is 5.69 Å². The standard InChI is InChI=1S/C26H24ClN3O4S/c1-16-4-2-3-5-19(16)25-20-11-13-35-23(20)10-12-28(25)24(31)15-29(18-7-8-18)26(32)17-6-9-21(27)22(14-17)30(33)34/h2-6,9,11,13-14,18,25H,7-8,10,12,15H2,1H3/t25-/m1/s1. The predicted octanol–water partition coefficient (Wildman–Crippen LogP) is 5.40. The van der Waals surface area contributed by atoms with Crippen LogP contribution in [0.2, 0.25) is 5.02 Å². The zero-order valence-corrected chi connectivity index (χ0v) is 20.7. The Bertz CT molecular complexity index is 1320. The van der Waals surface area contributed by atoms with Crippen LogP contribution < -0.4 is 0 Å². The van der Waals surface area contributed by atoms with Crippen molar-refractivity contribution in [3.8, 4) is 0 Å². The van der Waals surface area contributed by atoms with Gasteiger partial charge in [-0.05, 0) is 66.5 Å². The van der Waals surface area contributed by atoms with E-state index in [1.54, 1.807) is 16.2 Å². The van der Waals surface area contributed by atoms with Gasteiger partial charge in [0, 0.05) is 29.1 Å². The molecule has 3 aromatic rings. The summed E-state index contributed by atoms with van der Waals surface area (Å²) in [6, 6.07) is 14.0. The number of fused-ring (bicyclic) bond motifs is 1. The lowest BCUT2D eigenvalue weighted by atomic mass is 9.90. The number of nitro benzene ring substituents is 1. The van der Waals surface area contributed by atoms with E-state index in [1.165, 1.54) is 23.1 Å². The van der Waals surface area contributed by atoms with Crippen molar-refractivity contribution in [2.75, 3.05) is 13.1 Å². The summed E-state index contributed by atoms with van der Waals surface area (Å²) in [5, 5.41) is 13.4. The van der Waals surface area contributed by atoms with Crippen molar-refractivity contribution >= 4 is 40.4 Å². The Balaban J connectivity index is 1.44. The molecule has 9 heteroatoms. The topological polar surface area (TPSA) is 83.8 Å². The van der Waals surface area contributed by atoms with Crippen LogP contribution in [0.5, 0.6) is 0 Å². The number of carbonyl (C=O) groups excluding carboxylic acids is 2. The van der Waals surface area contributed by atoms with Gasteiger partial charge in [0.15, 0.2) is 0 Å². The number of rotatable bonds is 6. The molecule has 2 amide bonds. The number of carbonyl (C=O) groups is 2. The maximum Gasteiger partial charge on any atom is 0.288 e. The quantitative estimate of drug-likeness (QED) is 0.329. The van der Waals surface area contributed by atoms with Crippen LogP contribution in [0, 0.1) is 17.0 Å². The van der Waals surface area contributed by atoms with Gasteiger partial charge in [-0.15, -0.1) is 11.3 Å². The number of nitro groups is 1. The minimum absolute atomic E-state index is 0.0263. The lowest BCUT2D eigenvalue weighted by Gasteiger charge is -2.38. The van der Waals surface area contributed by atoms with E-state index in [0.29, 0.717) is 6.54 Å². The van der Waals surface area contributed by atoms with Crippen molar-refractivity contribution in [3.05, 3.63) is 96.2 Å². The number of hydrogen-bond acceptors (Lipinski definition) is 5. The Hall–Kier alpha value is -3.23. The highest BCUT2D eigenvalue weighted by Crippen LogP contribution is 2.39. The number of hydrogen-bond donors (Lipinski definition) is 0. The molecule has 0 bridgehead atoms. The first kappa shape index (κ1) is 23.5. The molecule has 0 spiro atoms. The van der Waals surface area contributed by atoms with Gasteiger partial charge in [0.25, 0.3) is 11.6 Å². The summed E-state index contributed by atoms with van der Waals surface area (Å²) in [7, 11) is 0. The first-order valence-electron chi connectivity index (χ1n) is 11.5. The van der Waals surface area contributed by atoms with Crippen molar-refractivity contribution in [2.24, 2.45) is 0 Å². The van der Waals surface area contributed by atoms with E-state index in [2.05, 4.69) is 17.5 Å². The third-order valence-electron chi connectivity index (χ3n) is 6.71. The lowest BCUT2D eigenvalue weighted by molar-refractivity contribution is -0.384. The maximum absolute atomic E-state index is 13.7. The van der Waals surface area contributed by atoms with Crippen LogP contribution >= 0.6 is 22.9 Å². The van der Waals surface area contributed by atoms with Gasteiger partial charge in [0.1, 0.15) is 11.6 Å². The second kappa shape index (κ2) is 9.43. The van der Waals surface area contributed by atoms with Crippen LogP contribution in [0.15, 0.2) is 53.9 Å². The van der Waals surface area contributed by atoms with E-state index >= 15 is 0 Å². The van der Waals surface area contributed by atoms with Gasteiger partial charge in [0.05, 0.1) is 11.0 Å². The Labute approximate surface area is 212 Å². The zero-order valence-electron chi connectivity index (χ0n) is 19.1. The summed E-state index contributed by atoms with van der Waals surface area (Å²) in [6.07, 6.45) is 2.40. The molecule has 0 unspecified atom stereocenters. The molecule has 1 saturated carbocycles. The van der Waals surface area contributed by atoms with E-state index in [9.17, 15) is 19.7 Å². The molecule has 0 radical (unpaired) electrons. The Morgan fingerprint density at radius 3 is 2.66 bits per heavy atom. The van der Waals surface area contributed by atoms with Crippen molar-refractivity contribution in [3.63, 3.8) is 0 Å². The molecule has 1 atom stereocenters. The first-order chi connectivity index (χ1) is 16.8. The van der Waals surface area contributed by atoms with E-state index in [0.717, 1.165) is 36.0 Å². The zero-order chi connectivity index (χ0) is 24.7. The maximum atomic E-state index is 13.7. The number of benzene rings is 2. The van der Waals surface area contributed by atoms with E-state index in [4.69, 9.17) is 11.6 Å². The minimum atomic E-state index is -0.606. The van der Waals surface area contributed by atoms with Crippen LogP contribution in [-0.4, -0.2) is 45.7 Å². The molecule has 180 valence electrons. The number of halogens is 1. The lowest BCUT2D eigenvalue weighted by Crippen LogP contribution is -2.47. The third kappa shape index (κ3) is 4.56. The molecule has 1 fully saturated rings. The molecule has 35 heavy (non-hydrogen) atoms. The predicted molar refractivity (Wildman–Crippen MR) is 135 cm³/mol. The summed E-state index contributed by atoms with van der Waals surface area (Å²) in [4.78, 5) is 42.6. The summed E-state index contributed by atoms with van der Waals surface area (Å²) in [6.45, 7) is 2.55. The van der Waals surface area contributed by atoms with E-state index in [-0.39, 0.29) is 46.7 Å². The average molecular weight is 510 g/mol. The second-order valence-corrected chi connectivity index (χ2v) is 10.4. The molecule has 1 aliphatic carbocycles. The molecule has 1 aromatic heterocycles. The molecule has 2 aliphatic rings. The monoisotopic (exact) mass is 509 g/mol. The second-order valence-electron chi connectivity index (χ2n) is 8.98. The minimum Gasteiger partial charge on any atom is -0.330 e. The fourth-order valence-corrected chi connectivity index (χ4v) is 5.85. The van der Waals surface area contributed by atoms with Gasteiger partial charge in [0.2, 0.25) is 5.91 Å². The molecular formula is C26H24ClN3O4S. The highest BCUT2D eigenvalue weighted by Gasteiger charge is 2.39. The SMILES string of the molecule is Cc1ccccc1[C@@H]1c2ccsc2CCN1C(=O)CN(C(=O)c1ccc(Cl)c([N+](=O)[O-])c1)C1CC1. The fraction of sp³-hybridized carbons (Fsp3) is 0.308. The van der Waals surface area contributed by atoms with Gasteiger partial charge in [-0.25, -0.2) is 0 Å². The van der Waals surface area contributed by atoms with Gasteiger partial charge in [-0.2, -0.15) is 0 Å². The third-order valence-corrected chi connectivity index (χ3v) is 8.03. The molecule has 2 aromatic carbocycles. The first-order valence-corrected chi connectivity index (χ1v) is 12.8. The number of amides is 2. The van der Waals surface area contributed by atoms with Crippen LogP contribution in [-0.2, 0) is 11.2 Å². The molecule has 0 saturated heterocycles. The molecule has 0 N–H and O–H groups in total. The molecular weight excluding hydrogens is 486 g/mol. The van der Waals surface area contributed by atoms with Crippen molar-refractivity contribution < 1.29 is 14.5 Å². The van der Waals surface area contributed by atoms with Crippen molar-refractivity contribution in [2.45, 2.75) is 38.3 Å². The van der Waals surface area contributed by atoms with E-state index in [1.807, 2.05) is 30.0 Å². The fourth-order valence-electron chi connectivity index (χ4n) is 4.75. The van der Waals surface area contributed by atoms with Crippen LogP contribution in [0.25, 0.3) is 0 Å². The highest BCUT2D eigenvalue weighted by molar-refractivity contribution is 7.10. The Morgan fingerprint density at radius 2 is 1.94 bits per heavy atom.